The van der Waals surface area contributed by atoms with Gasteiger partial charge in [-0.05, 0) is 24.6 Å². The Labute approximate surface area is 170 Å². The highest BCUT2D eigenvalue weighted by Gasteiger charge is 2.31. The van der Waals surface area contributed by atoms with Crippen LogP contribution in [0.3, 0.4) is 0 Å². The molecule has 0 radical (unpaired) electrons. The Morgan fingerprint density at radius 3 is 2.35 bits per heavy atom. The molecule has 9 heteroatoms. The van der Waals surface area contributed by atoms with Crippen LogP contribution in [0.1, 0.15) is 34.1 Å². The first-order valence-electron chi connectivity index (χ1n) is 8.23. The molecular formula is C17H26Cl2N2O3S2. The van der Waals surface area contributed by atoms with Crippen molar-refractivity contribution < 1.29 is 13.2 Å². The van der Waals surface area contributed by atoms with E-state index in [2.05, 4.69) is 26.1 Å². The molecule has 1 aromatic carbocycles. The Balaban J connectivity index is 2.99. The number of carbonyl (C=O) groups is 1. The summed E-state index contributed by atoms with van der Waals surface area (Å²) in [6, 6.07) is 3.65. The maximum absolute atomic E-state index is 12.6. The molecule has 0 aliphatic heterocycles. The second kappa shape index (κ2) is 9.53. The van der Waals surface area contributed by atoms with Gasteiger partial charge in [0.05, 0.1) is 22.0 Å². The zero-order valence-electron chi connectivity index (χ0n) is 15.7. The van der Waals surface area contributed by atoms with Crippen LogP contribution in [0.15, 0.2) is 18.2 Å². The average Bonchev–Trinajstić information content (AvgIpc) is 2.49. The minimum atomic E-state index is -3.69. The summed E-state index contributed by atoms with van der Waals surface area (Å²) in [7, 11) is -3.69. The quantitative estimate of drug-likeness (QED) is 0.615. The lowest BCUT2D eigenvalue weighted by Crippen LogP contribution is -2.49. The average molecular weight is 441 g/mol. The summed E-state index contributed by atoms with van der Waals surface area (Å²) in [6.45, 7) is 8.54. The summed E-state index contributed by atoms with van der Waals surface area (Å²) in [5.41, 5.74) is 0.313. The van der Waals surface area contributed by atoms with E-state index in [1.807, 2.05) is 0 Å². The first-order chi connectivity index (χ1) is 11.9. The number of thioether (sulfide) groups is 1. The molecule has 0 bridgehead atoms. The zero-order chi connectivity index (χ0) is 20.1. The molecule has 1 aromatic rings. The number of rotatable bonds is 8. The third-order valence-electron chi connectivity index (χ3n) is 3.42. The minimum absolute atomic E-state index is 0.105. The Bertz CT molecular complexity index is 734. The van der Waals surface area contributed by atoms with E-state index in [0.29, 0.717) is 23.7 Å². The third-order valence-corrected chi connectivity index (χ3v) is 6.62. The molecule has 0 unspecified atom stereocenters. The molecule has 1 amide bonds. The Kier molecular flexibility index (Phi) is 8.58. The van der Waals surface area contributed by atoms with E-state index < -0.39 is 16.1 Å². The smallest absolute Gasteiger partial charge is 0.243 e. The number of carbonyl (C=O) groups excluding carboxylic acids is 1. The Morgan fingerprint density at radius 1 is 1.27 bits per heavy atom. The fraction of sp³-hybridized carbons (Fsp3) is 0.588. The summed E-state index contributed by atoms with van der Waals surface area (Å²) in [5.74, 6) is 0.413. The number of nitrogens with zero attached hydrogens (tertiary/aromatic N) is 1. The van der Waals surface area contributed by atoms with Crippen LogP contribution < -0.4 is 9.62 Å². The summed E-state index contributed by atoms with van der Waals surface area (Å²) >= 11 is 13.7. The molecule has 1 rings (SSSR count). The lowest BCUT2D eigenvalue weighted by atomic mass is 10.2. The standard InChI is InChI=1S/C17H26Cl2N2O3S2/c1-6-15(16(22)20-9-10-25-17(2,3)4)21(26(5,23)24)12-7-8-13(18)14(19)11-12/h7-8,11,15H,6,9-10H2,1-5H3,(H,20,22)/t15-/m1/s1. The summed E-state index contributed by atoms with van der Waals surface area (Å²) in [4.78, 5) is 12.6. The van der Waals surface area contributed by atoms with Gasteiger partial charge in [0, 0.05) is 17.0 Å². The molecule has 0 fully saturated rings. The first kappa shape index (κ1) is 23.4. The molecule has 0 aliphatic carbocycles. The van der Waals surface area contributed by atoms with Crippen LogP contribution in [0.25, 0.3) is 0 Å². The van der Waals surface area contributed by atoms with Crippen molar-refractivity contribution in [1.82, 2.24) is 5.32 Å². The number of amides is 1. The van der Waals surface area contributed by atoms with Crippen molar-refractivity contribution in [3.05, 3.63) is 28.2 Å². The number of hydrogen-bond donors (Lipinski definition) is 1. The van der Waals surface area contributed by atoms with Crippen LogP contribution in [0.5, 0.6) is 0 Å². The number of anilines is 1. The normalized spacial score (nSPS) is 13.3. The fourth-order valence-electron chi connectivity index (χ4n) is 2.33. The van der Waals surface area contributed by atoms with Gasteiger partial charge in [-0.3, -0.25) is 9.10 Å². The largest absolute Gasteiger partial charge is 0.353 e. The highest BCUT2D eigenvalue weighted by atomic mass is 35.5. The molecule has 5 nitrogen and oxygen atoms in total. The van der Waals surface area contributed by atoms with Crippen LogP contribution >= 0.6 is 35.0 Å². The SMILES string of the molecule is CC[C@H](C(=O)NCCSC(C)(C)C)N(c1ccc(Cl)c(Cl)c1)S(C)(=O)=O. The fourth-order valence-corrected chi connectivity index (χ4v) is 4.64. The predicted molar refractivity (Wildman–Crippen MR) is 113 cm³/mol. The summed E-state index contributed by atoms with van der Waals surface area (Å²) in [5, 5.41) is 3.38. The maximum atomic E-state index is 12.6. The van der Waals surface area contributed by atoms with Gasteiger partial charge in [-0.1, -0.05) is 50.9 Å². The minimum Gasteiger partial charge on any atom is -0.353 e. The Morgan fingerprint density at radius 2 is 1.88 bits per heavy atom. The van der Waals surface area contributed by atoms with E-state index in [0.717, 1.165) is 16.3 Å². The van der Waals surface area contributed by atoms with Crippen LogP contribution in [0, 0.1) is 0 Å². The highest BCUT2D eigenvalue weighted by Crippen LogP contribution is 2.30. The number of sulfonamides is 1. The van der Waals surface area contributed by atoms with Gasteiger partial charge < -0.3 is 5.32 Å². The van der Waals surface area contributed by atoms with Crippen molar-refractivity contribution >= 4 is 56.6 Å². The van der Waals surface area contributed by atoms with Gasteiger partial charge in [-0.2, -0.15) is 11.8 Å². The van der Waals surface area contributed by atoms with E-state index in [4.69, 9.17) is 23.2 Å². The number of halogens is 2. The van der Waals surface area contributed by atoms with E-state index in [1.165, 1.54) is 12.1 Å². The topological polar surface area (TPSA) is 66.5 Å². The maximum Gasteiger partial charge on any atom is 0.243 e. The predicted octanol–water partition coefficient (Wildman–Crippen LogP) is 4.19. The molecule has 0 saturated heterocycles. The van der Waals surface area contributed by atoms with E-state index >= 15 is 0 Å². The molecule has 0 heterocycles. The van der Waals surface area contributed by atoms with E-state index in [1.54, 1.807) is 24.8 Å². The monoisotopic (exact) mass is 440 g/mol. The van der Waals surface area contributed by atoms with Crippen molar-refractivity contribution in [1.29, 1.82) is 0 Å². The second-order valence-electron chi connectivity index (χ2n) is 6.83. The van der Waals surface area contributed by atoms with Crippen molar-refractivity contribution in [2.45, 2.75) is 44.9 Å². The third kappa shape index (κ3) is 7.18. The molecule has 148 valence electrons. The van der Waals surface area contributed by atoms with Gasteiger partial charge >= 0.3 is 0 Å². The Hall–Kier alpha value is -0.630. The van der Waals surface area contributed by atoms with E-state index in [9.17, 15) is 13.2 Å². The first-order valence-corrected chi connectivity index (χ1v) is 11.8. The molecule has 0 aromatic heterocycles. The van der Waals surface area contributed by atoms with Crippen LogP contribution in [-0.2, 0) is 14.8 Å². The van der Waals surface area contributed by atoms with E-state index in [-0.39, 0.29) is 15.7 Å². The van der Waals surface area contributed by atoms with Crippen LogP contribution in [-0.4, -0.2) is 43.7 Å². The zero-order valence-corrected chi connectivity index (χ0v) is 18.8. The van der Waals surface area contributed by atoms with Gasteiger partial charge in [0.1, 0.15) is 6.04 Å². The molecule has 1 atom stereocenters. The molecular weight excluding hydrogens is 415 g/mol. The summed E-state index contributed by atoms with van der Waals surface area (Å²) < 4.78 is 25.9. The lowest BCUT2D eigenvalue weighted by molar-refractivity contribution is -0.122. The number of benzene rings is 1. The second-order valence-corrected chi connectivity index (χ2v) is 11.4. The highest BCUT2D eigenvalue weighted by molar-refractivity contribution is 8.00. The molecule has 0 aliphatic rings. The van der Waals surface area contributed by atoms with Crippen molar-refractivity contribution in [2.24, 2.45) is 0 Å². The van der Waals surface area contributed by atoms with Crippen molar-refractivity contribution in [2.75, 3.05) is 22.9 Å². The number of hydrogen-bond acceptors (Lipinski definition) is 4. The van der Waals surface area contributed by atoms with Gasteiger partial charge in [-0.15, -0.1) is 0 Å². The van der Waals surface area contributed by atoms with Gasteiger partial charge in [0.2, 0.25) is 15.9 Å². The van der Waals surface area contributed by atoms with Gasteiger partial charge in [0.25, 0.3) is 0 Å². The summed E-state index contributed by atoms with van der Waals surface area (Å²) in [6.07, 6.45) is 1.40. The van der Waals surface area contributed by atoms with Gasteiger partial charge in [-0.25, -0.2) is 8.42 Å². The van der Waals surface area contributed by atoms with Crippen LogP contribution in [0.4, 0.5) is 5.69 Å². The van der Waals surface area contributed by atoms with Gasteiger partial charge in [0.15, 0.2) is 0 Å². The molecule has 1 N–H and O–H groups in total. The van der Waals surface area contributed by atoms with Crippen LogP contribution in [0.2, 0.25) is 10.0 Å². The molecule has 0 saturated carbocycles. The number of nitrogens with one attached hydrogen (secondary N) is 1. The molecule has 0 spiro atoms. The molecule has 26 heavy (non-hydrogen) atoms. The lowest BCUT2D eigenvalue weighted by Gasteiger charge is -2.30. The van der Waals surface area contributed by atoms with Crippen molar-refractivity contribution in [3.8, 4) is 0 Å². The van der Waals surface area contributed by atoms with Crippen molar-refractivity contribution in [3.63, 3.8) is 0 Å².